The van der Waals surface area contributed by atoms with Gasteiger partial charge in [-0.3, -0.25) is 9.59 Å². The Hall–Kier alpha value is -1.06. The van der Waals surface area contributed by atoms with Crippen molar-refractivity contribution in [1.82, 2.24) is 10.2 Å². The number of likely N-dealkylation sites (tertiary alicyclic amines) is 1. The number of carbonyl (C=O) groups excluding carboxylic acids is 2. The Morgan fingerprint density at radius 3 is 2.83 bits per heavy atom. The summed E-state index contributed by atoms with van der Waals surface area (Å²) < 4.78 is 0. The topological polar surface area (TPSA) is 49.4 Å². The van der Waals surface area contributed by atoms with Crippen molar-refractivity contribution in [3.05, 3.63) is 0 Å². The molecule has 2 amide bonds. The normalized spacial score (nSPS) is 23.0. The zero-order chi connectivity index (χ0) is 9.14. The smallest absolute Gasteiger partial charge is 0.224 e. The lowest BCUT2D eigenvalue weighted by Crippen LogP contribution is -2.35. The summed E-state index contributed by atoms with van der Waals surface area (Å²) in [6, 6.07) is 0.0231. The highest BCUT2D eigenvalue weighted by atomic mass is 16.2. The number of likely N-dealkylation sites (N-methyl/N-ethyl adjacent to an activating group) is 1. The van der Waals surface area contributed by atoms with Crippen LogP contribution in [0.4, 0.5) is 0 Å². The monoisotopic (exact) mass is 170 g/mol. The second-order valence-electron chi connectivity index (χ2n) is 3.10. The van der Waals surface area contributed by atoms with Crippen molar-refractivity contribution in [1.29, 1.82) is 0 Å². The van der Waals surface area contributed by atoms with Gasteiger partial charge in [-0.25, -0.2) is 0 Å². The molecule has 0 aliphatic carbocycles. The van der Waals surface area contributed by atoms with Gasteiger partial charge in [0.05, 0.1) is 6.04 Å². The third-order valence-corrected chi connectivity index (χ3v) is 2.03. The van der Waals surface area contributed by atoms with Crippen LogP contribution in [0.3, 0.4) is 0 Å². The minimum Gasteiger partial charge on any atom is -0.351 e. The minimum absolute atomic E-state index is 0.0168. The number of carbonyl (C=O) groups is 2. The van der Waals surface area contributed by atoms with E-state index in [-0.39, 0.29) is 17.9 Å². The number of hydrogen-bond donors (Lipinski definition) is 1. The van der Waals surface area contributed by atoms with Gasteiger partial charge in [-0.1, -0.05) is 6.92 Å². The van der Waals surface area contributed by atoms with Gasteiger partial charge >= 0.3 is 0 Å². The van der Waals surface area contributed by atoms with Gasteiger partial charge in [0, 0.05) is 26.4 Å². The Morgan fingerprint density at radius 1 is 1.75 bits per heavy atom. The van der Waals surface area contributed by atoms with Crippen molar-refractivity contribution in [3.8, 4) is 0 Å². The fourth-order valence-corrected chi connectivity index (χ4v) is 1.29. The largest absolute Gasteiger partial charge is 0.351 e. The van der Waals surface area contributed by atoms with Crippen LogP contribution in [-0.4, -0.2) is 36.3 Å². The lowest BCUT2D eigenvalue weighted by Gasteiger charge is -2.11. The molecule has 1 unspecified atom stereocenters. The molecule has 1 fully saturated rings. The van der Waals surface area contributed by atoms with E-state index in [1.807, 2.05) is 0 Å². The lowest BCUT2D eigenvalue weighted by atomic mass is 10.2. The number of nitrogens with zero attached hydrogens (tertiary/aromatic N) is 1. The highest BCUT2D eigenvalue weighted by Crippen LogP contribution is 2.07. The maximum atomic E-state index is 11.0. The van der Waals surface area contributed by atoms with Crippen LogP contribution >= 0.6 is 0 Å². The average molecular weight is 170 g/mol. The zero-order valence-corrected chi connectivity index (χ0v) is 7.46. The van der Waals surface area contributed by atoms with Gasteiger partial charge in [0.2, 0.25) is 11.8 Å². The summed E-state index contributed by atoms with van der Waals surface area (Å²) in [5.41, 5.74) is 0. The summed E-state index contributed by atoms with van der Waals surface area (Å²) in [5.74, 6) is 0.125. The third kappa shape index (κ3) is 1.96. The van der Waals surface area contributed by atoms with E-state index in [2.05, 4.69) is 5.32 Å². The van der Waals surface area contributed by atoms with Gasteiger partial charge < -0.3 is 10.2 Å². The van der Waals surface area contributed by atoms with Crippen LogP contribution in [0.1, 0.15) is 19.8 Å². The molecular weight excluding hydrogens is 156 g/mol. The van der Waals surface area contributed by atoms with Crippen molar-refractivity contribution >= 4 is 11.8 Å². The summed E-state index contributed by atoms with van der Waals surface area (Å²) in [6.07, 6.45) is 0.927. The molecule has 0 aromatic heterocycles. The zero-order valence-electron chi connectivity index (χ0n) is 7.46. The van der Waals surface area contributed by atoms with Crippen LogP contribution in [0.2, 0.25) is 0 Å². The molecular formula is C8H14N2O2. The first kappa shape index (κ1) is 9.03. The van der Waals surface area contributed by atoms with Crippen LogP contribution in [0.25, 0.3) is 0 Å². The molecule has 4 heteroatoms. The molecule has 0 spiro atoms. The van der Waals surface area contributed by atoms with Crippen LogP contribution in [0.5, 0.6) is 0 Å². The summed E-state index contributed by atoms with van der Waals surface area (Å²) in [7, 11) is 1.75. The van der Waals surface area contributed by atoms with E-state index in [9.17, 15) is 9.59 Å². The molecule has 1 aliphatic rings. The number of amides is 2. The fraction of sp³-hybridized carbons (Fsp3) is 0.750. The molecule has 0 radical (unpaired) electrons. The first-order chi connectivity index (χ1) is 5.63. The van der Waals surface area contributed by atoms with Gasteiger partial charge in [-0.15, -0.1) is 0 Å². The minimum atomic E-state index is 0.0168. The van der Waals surface area contributed by atoms with Gasteiger partial charge in [0.15, 0.2) is 0 Å². The Morgan fingerprint density at radius 2 is 2.42 bits per heavy atom. The van der Waals surface area contributed by atoms with E-state index in [1.165, 1.54) is 0 Å². The molecule has 1 rings (SSSR count). The molecule has 1 N–H and O–H groups in total. The SMILES string of the molecule is CCC(=O)NC1CC(=O)N(C)C1. The van der Waals surface area contributed by atoms with Crippen molar-refractivity contribution in [2.75, 3.05) is 13.6 Å². The average Bonchev–Trinajstić information content (AvgIpc) is 2.31. The Balaban J connectivity index is 2.37. The number of hydrogen-bond acceptors (Lipinski definition) is 2. The maximum absolute atomic E-state index is 11.0. The van der Waals surface area contributed by atoms with Crippen molar-refractivity contribution < 1.29 is 9.59 Å². The molecule has 0 aromatic carbocycles. The highest BCUT2D eigenvalue weighted by molar-refractivity contribution is 5.81. The molecule has 0 saturated carbocycles. The summed E-state index contributed by atoms with van der Waals surface area (Å²) in [4.78, 5) is 23.6. The molecule has 12 heavy (non-hydrogen) atoms. The van der Waals surface area contributed by atoms with Crippen molar-refractivity contribution in [3.63, 3.8) is 0 Å². The molecule has 0 bridgehead atoms. The van der Waals surface area contributed by atoms with E-state index < -0.39 is 0 Å². The first-order valence-electron chi connectivity index (χ1n) is 4.16. The van der Waals surface area contributed by atoms with E-state index >= 15 is 0 Å². The molecule has 1 heterocycles. The van der Waals surface area contributed by atoms with Crippen LogP contribution < -0.4 is 5.32 Å². The summed E-state index contributed by atoms with van der Waals surface area (Å²) in [5, 5.41) is 2.79. The Bertz CT molecular complexity index is 203. The highest BCUT2D eigenvalue weighted by Gasteiger charge is 2.27. The first-order valence-corrected chi connectivity index (χ1v) is 4.16. The van der Waals surface area contributed by atoms with Crippen LogP contribution in [0, 0.1) is 0 Å². The number of rotatable bonds is 2. The standard InChI is InChI=1S/C8H14N2O2/c1-3-7(11)9-6-4-8(12)10(2)5-6/h6H,3-5H2,1-2H3,(H,9,11). The molecule has 4 nitrogen and oxygen atoms in total. The molecule has 1 saturated heterocycles. The van der Waals surface area contributed by atoms with E-state index in [0.29, 0.717) is 19.4 Å². The van der Waals surface area contributed by atoms with Gasteiger partial charge in [-0.2, -0.15) is 0 Å². The van der Waals surface area contributed by atoms with E-state index in [0.717, 1.165) is 0 Å². The maximum Gasteiger partial charge on any atom is 0.224 e. The Kier molecular flexibility index (Phi) is 2.68. The van der Waals surface area contributed by atoms with Crippen LogP contribution in [-0.2, 0) is 9.59 Å². The predicted octanol–water partition coefficient (Wildman–Crippen LogP) is -0.257. The molecule has 1 atom stereocenters. The van der Waals surface area contributed by atoms with Gasteiger partial charge in [0.1, 0.15) is 0 Å². The van der Waals surface area contributed by atoms with Gasteiger partial charge in [-0.05, 0) is 0 Å². The summed E-state index contributed by atoms with van der Waals surface area (Å²) in [6.45, 7) is 2.44. The molecule has 68 valence electrons. The van der Waals surface area contributed by atoms with E-state index in [1.54, 1.807) is 18.9 Å². The second-order valence-corrected chi connectivity index (χ2v) is 3.10. The van der Waals surface area contributed by atoms with Crippen molar-refractivity contribution in [2.24, 2.45) is 0 Å². The van der Waals surface area contributed by atoms with Crippen LogP contribution in [0.15, 0.2) is 0 Å². The number of nitrogens with one attached hydrogen (secondary N) is 1. The predicted molar refractivity (Wildman–Crippen MR) is 44.5 cm³/mol. The Labute approximate surface area is 71.9 Å². The second kappa shape index (κ2) is 3.56. The molecule has 0 aromatic rings. The van der Waals surface area contributed by atoms with E-state index in [4.69, 9.17) is 0 Å². The van der Waals surface area contributed by atoms with Crippen molar-refractivity contribution in [2.45, 2.75) is 25.8 Å². The summed E-state index contributed by atoms with van der Waals surface area (Å²) >= 11 is 0. The fourth-order valence-electron chi connectivity index (χ4n) is 1.29. The molecule has 1 aliphatic heterocycles. The quantitative estimate of drug-likeness (QED) is 0.621. The van der Waals surface area contributed by atoms with Gasteiger partial charge in [0.25, 0.3) is 0 Å². The lowest BCUT2D eigenvalue weighted by molar-refractivity contribution is -0.126. The third-order valence-electron chi connectivity index (χ3n) is 2.03.